The van der Waals surface area contributed by atoms with Gasteiger partial charge in [-0.25, -0.2) is 0 Å². The zero-order chi connectivity index (χ0) is 9.14. The summed E-state index contributed by atoms with van der Waals surface area (Å²) in [7, 11) is 0. The van der Waals surface area contributed by atoms with Gasteiger partial charge in [-0.3, -0.25) is 0 Å². The molecule has 1 aromatic rings. The number of aromatic hydroxyl groups is 1. The second kappa shape index (κ2) is 3.65. The van der Waals surface area contributed by atoms with Crippen molar-refractivity contribution >= 4 is 29.4 Å². The Morgan fingerprint density at radius 1 is 1.33 bits per heavy atom. The fraction of sp³-hybridized carbons (Fsp3) is 0. The van der Waals surface area contributed by atoms with Gasteiger partial charge in [-0.2, -0.15) is 5.10 Å². The van der Waals surface area contributed by atoms with Gasteiger partial charge in [0.15, 0.2) is 0 Å². The number of halogens is 2. The van der Waals surface area contributed by atoms with E-state index < -0.39 is 0 Å². The van der Waals surface area contributed by atoms with Crippen molar-refractivity contribution in [3.8, 4) is 5.75 Å². The Morgan fingerprint density at radius 3 is 2.58 bits per heavy atom. The average Bonchev–Trinajstić information content (AvgIpc) is 2.07. The molecule has 12 heavy (non-hydrogen) atoms. The highest BCUT2D eigenvalue weighted by molar-refractivity contribution is 6.44. The summed E-state index contributed by atoms with van der Waals surface area (Å²) in [4.78, 5) is 0. The van der Waals surface area contributed by atoms with Gasteiger partial charge in [0.2, 0.25) is 0 Å². The van der Waals surface area contributed by atoms with Crippen LogP contribution >= 0.6 is 23.2 Å². The lowest BCUT2D eigenvalue weighted by molar-refractivity contribution is 0.475. The van der Waals surface area contributed by atoms with Crippen molar-refractivity contribution in [2.45, 2.75) is 0 Å². The van der Waals surface area contributed by atoms with Crippen LogP contribution in [-0.2, 0) is 0 Å². The molecule has 1 aromatic carbocycles. The van der Waals surface area contributed by atoms with Gasteiger partial charge in [0.25, 0.3) is 0 Å². The van der Waals surface area contributed by atoms with E-state index in [1.807, 2.05) is 0 Å². The molecule has 0 unspecified atom stereocenters. The van der Waals surface area contributed by atoms with Gasteiger partial charge in [-0.1, -0.05) is 23.2 Å². The Balaban J connectivity index is 3.26. The van der Waals surface area contributed by atoms with Gasteiger partial charge < -0.3 is 10.9 Å². The lowest BCUT2D eigenvalue weighted by atomic mass is 10.2. The van der Waals surface area contributed by atoms with Crippen LogP contribution in [0.4, 0.5) is 0 Å². The van der Waals surface area contributed by atoms with Gasteiger partial charge in [-0.05, 0) is 12.1 Å². The first-order valence-electron chi connectivity index (χ1n) is 3.07. The molecule has 0 amide bonds. The molecule has 5 heteroatoms. The zero-order valence-electron chi connectivity index (χ0n) is 5.96. The maximum atomic E-state index is 9.10. The molecule has 0 fully saturated rings. The third-order valence-corrected chi connectivity index (χ3v) is 2.19. The molecule has 0 aliphatic rings. The molecular weight excluding hydrogens is 199 g/mol. The van der Waals surface area contributed by atoms with Crippen molar-refractivity contribution in [2.24, 2.45) is 10.9 Å². The Morgan fingerprint density at radius 2 is 2.00 bits per heavy atom. The van der Waals surface area contributed by atoms with E-state index in [1.54, 1.807) is 6.07 Å². The summed E-state index contributed by atoms with van der Waals surface area (Å²) in [6.45, 7) is 0. The molecule has 0 saturated heterocycles. The standard InChI is InChI=1S/C7H6Cl2N2O/c8-6-4(3-11-10)1-2-5(12)7(6)9/h1-3,12H,10H2. The first-order chi connectivity index (χ1) is 5.66. The number of hydrogen-bond acceptors (Lipinski definition) is 3. The Labute approximate surface area is 79.4 Å². The lowest BCUT2D eigenvalue weighted by Gasteiger charge is -2.01. The second-order valence-electron chi connectivity index (χ2n) is 2.08. The molecule has 0 atom stereocenters. The molecule has 64 valence electrons. The largest absolute Gasteiger partial charge is 0.506 e. The van der Waals surface area contributed by atoms with E-state index in [4.69, 9.17) is 34.2 Å². The lowest BCUT2D eigenvalue weighted by Crippen LogP contribution is -1.88. The monoisotopic (exact) mass is 204 g/mol. The molecular formula is C7H6Cl2N2O. The van der Waals surface area contributed by atoms with Crippen LogP contribution in [0, 0.1) is 0 Å². The summed E-state index contributed by atoms with van der Waals surface area (Å²) in [5.74, 6) is 4.86. The van der Waals surface area contributed by atoms with E-state index in [0.717, 1.165) is 0 Å². The molecule has 0 bridgehead atoms. The number of nitrogens with zero attached hydrogens (tertiary/aromatic N) is 1. The Hall–Kier alpha value is -0.930. The Bertz CT molecular complexity index is 325. The summed E-state index contributed by atoms with van der Waals surface area (Å²) >= 11 is 11.4. The predicted octanol–water partition coefficient (Wildman–Crippen LogP) is 1.99. The average molecular weight is 205 g/mol. The van der Waals surface area contributed by atoms with Crippen molar-refractivity contribution in [3.05, 3.63) is 27.7 Å². The van der Waals surface area contributed by atoms with E-state index in [9.17, 15) is 0 Å². The molecule has 3 nitrogen and oxygen atoms in total. The van der Waals surface area contributed by atoms with Crippen molar-refractivity contribution in [2.75, 3.05) is 0 Å². The smallest absolute Gasteiger partial charge is 0.135 e. The van der Waals surface area contributed by atoms with E-state index in [1.165, 1.54) is 12.3 Å². The first kappa shape index (κ1) is 9.16. The minimum atomic E-state index is -0.0594. The fourth-order valence-electron chi connectivity index (χ4n) is 0.734. The van der Waals surface area contributed by atoms with Crippen molar-refractivity contribution in [1.29, 1.82) is 0 Å². The quantitative estimate of drug-likeness (QED) is 0.418. The molecule has 3 N–H and O–H groups in total. The second-order valence-corrected chi connectivity index (χ2v) is 2.84. The van der Waals surface area contributed by atoms with Crippen molar-refractivity contribution in [1.82, 2.24) is 0 Å². The fourth-order valence-corrected chi connectivity index (χ4v) is 1.11. The van der Waals surface area contributed by atoms with Crippen LogP contribution in [-0.4, -0.2) is 11.3 Å². The van der Waals surface area contributed by atoms with E-state index in [-0.39, 0.29) is 15.8 Å². The maximum Gasteiger partial charge on any atom is 0.135 e. The SMILES string of the molecule is NN=Cc1ccc(O)c(Cl)c1Cl. The number of phenolic OH excluding ortho intramolecular Hbond substituents is 1. The molecule has 0 radical (unpaired) electrons. The van der Waals surface area contributed by atoms with Crippen molar-refractivity contribution < 1.29 is 5.11 Å². The van der Waals surface area contributed by atoms with Crippen LogP contribution in [0.5, 0.6) is 5.75 Å². The number of rotatable bonds is 1. The molecule has 1 rings (SSSR count). The maximum absolute atomic E-state index is 9.10. The predicted molar refractivity (Wildman–Crippen MR) is 49.9 cm³/mol. The van der Waals surface area contributed by atoms with Crippen LogP contribution in [0.3, 0.4) is 0 Å². The highest BCUT2D eigenvalue weighted by Crippen LogP contribution is 2.32. The molecule has 0 aromatic heterocycles. The minimum Gasteiger partial charge on any atom is -0.506 e. The van der Waals surface area contributed by atoms with Gasteiger partial charge in [0.1, 0.15) is 10.8 Å². The third kappa shape index (κ3) is 1.62. The van der Waals surface area contributed by atoms with Crippen LogP contribution < -0.4 is 5.84 Å². The van der Waals surface area contributed by atoms with Crippen LogP contribution in [0.25, 0.3) is 0 Å². The number of phenols is 1. The summed E-state index contributed by atoms with van der Waals surface area (Å²) in [5.41, 5.74) is 0.571. The molecule has 0 heterocycles. The van der Waals surface area contributed by atoms with E-state index in [2.05, 4.69) is 5.10 Å². The third-order valence-electron chi connectivity index (χ3n) is 1.31. The van der Waals surface area contributed by atoms with Gasteiger partial charge in [0, 0.05) is 5.56 Å². The normalized spacial score (nSPS) is 10.8. The minimum absolute atomic E-state index is 0.0594. The van der Waals surface area contributed by atoms with Crippen LogP contribution in [0.2, 0.25) is 10.0 Å². The first-order valence-corrected chi connectivity index (χ1v) is 3.82. The summed E-state index contributed by atoms with van der Waals surface area (Å²) in [6.07, 6.45) is 1.35. The number of hydrazone groups is 1. The van der Waals surface area contributed by atoms with Gasteiger partial charge in [0.05, 0.1) is 11.2 Å². The molecule has 0 aliphatic heterocycles. The van der Waals surface area contributed by atoms with E-state index in [0.29, 0.717) is 5.56 Å². The van der Waals surface area contributed by atoms with Gasteiger partial charge in [-0.15, -0.1) is 0 Å². The molecule has 0 spiro atoms. The molecule has 0 aliphatic carbocycles. The highest BCUT2D eigenvalue weighted by Gasteiger charge is 2.06. The summed E-state index contributed by atoms with van der Waals surface area (Å²) < 4.78 is 0. The van der Waals surface area contributed by atoms with Gasteiger partial charge >= 0.3 is 0 Å². The summed E-state index contributed by atoms with van der Waals surface area (Å²) in [6, 6.07) is 2.99. The topological polar surface area (TPSA) is 58.6 Å². The Kier molecular flexibility index (Phi) is 2.78. The van der Waals surface area contributed by atoms with Crippen LogP contribution in [0.15, 0.2) is 17.2 Å². The summed E-state index contributed by atoms with van der Waals surface area (Å²) in [5, 5.41) is 12.7. The number of hydrogen-bond donors (Lipinski definition) is 2. The highest BCUT2D eigenvalue weighted by atomic mass is 35.5. The van der Waals surface area contributed by atoms with E-state index >= 15 is 0 Å². The number of nitrogens with two attached hydrogens (primary N) is 1. The zero-order valence-corrected chi connectivity index (χ0v) is 7.47. The van der Waals surface area contributed by atoms with Crippen LogP contribution in [0.1, 0.15) is 5.56 Å². The molecule has 0 saturated carbocycles. The van der Waals surface area contributed by atoms with Crippen molar-refractivity contribution in [3.63, 3.8) is 0 Å². The number of benzene rings is 1.